The van der Waals surface area contributed by atoms with Gasteiger partial charge in [-0.15, -0.1) is 0 Å². The van der Waals surface area contributed by atoms with Gasteiger partial charge in [0, 0.05) is 29.0 Å². The molecular formula is C14H8BrN3O3. The molecule has 0 radical (unpaired) electrons. The van der Waals surface area contributed by atoms with E-state index in [1.807, 2.05) is 0 Å². The molecule has 0 amide bonds. The van der Waals surface area contributed by atoms with E-state index in [1.165, 1.54) is 12.3 Å². The summed E-state index contributed by atoms with van der Waals surface area (Å²) in [7, 11) is 0. The second-order valence-corrected chi connectivity index (χ2v) is 5.07. The molecule has 2 heterocycles. The molecule has 0 aliphatic carbocycles. The van der Waals surface area contributed by atoms with Crippen molar-refractivity contribution in [3.05, 3.63) is 63.4 Å². The van der Waals surface area contributed by atoms with Gasteiger partial charge in [0.2, 0.25) is 5.88 Å². The average molecular weight is 346 g/mol. The van der Waals surface area contributed by atoms with Gasteiger partial charge < -0.3 is 4.74 Å². The van der Waals surface area contributed by atoms with Gasteiger partial charge in [0.15, 0.2) is 5.52 Å². The summed E-state index contributed by atoms with van der Waals surface area (Å²) >= 11 is 3.29. The fraction of sp³-hybridized carbons (Fsp3) is 0. The van der Waals surface area contributed by atoms with Crippen molar-refractivity contribution in [1.29, 1.82) is 0 Å². The van der Waals surface area contributed by atoms with Gasteiger partial charge in [-0.1, -0.05) is 0 Å². The van der Waals surface area contributed by atoms with Gasteiger partial charge in [-0.3, -0.25) is 10.1 Å². The molecule has 0 atom stereocenters. The first-order valence-electron chi connectivity index (χ1n) is 5.96. The standard InChI is InChI=1S/C14H8BrN3O3/c15-9-3-6-13(17-8-9)21-12-5-4-11(18(19)20)14-10(12)2-1-7-16-14/h1-8H. The van der Waals surface area contributed by atoms with E-state index in [4.69, 9.17) is 4.74 Å². The largest absolute Gasteiger partial charge is 0.438 e. The summed E-state index contributed by atoms with van der Waals surface area (Å²) < 4.78 is 6.52. The zero-order chi connectivity index (χ0) is 14.8. The van der Waals surface area contributed by atoms with Crippen LogP contribution in [0.1, 0.15) is 0 Å². The Morgan fingerprint density at radius 3 is 2.71 bits per heavy atom. The predicted molar refractivity (Wildman–Crippen MR) is 80.4 cm³/mol. The Morgan fingerprint density at radius 2 is 2.00 bits per heavy atom. The molecule has 3 aromatic rings. The van der Waals surface area contributed by atoms with Crippen LogP contribution in [0.25, 0.3) is 10.9 Å². The minimum absolute atomic E-state index is 0.0540. The van der Waals surface area contributed by atoms with Crippen LogP contribution in [-0.2, 0) is 0 Å². The summed E-state index contributed by atoms with van der Waals surface area (Å²) in [6, 6.07) is 9.86. The lowest BCUT2D eigenvalue weighted by Crippen LogP contribution is -1.94. The van der Waals surface area contributed by atoms with Gasteiger partial charge in [-0.25, -0.2) is 9.97 Å². The van der Waals surface area contributed by atoms with Crippen LogP contribution in [0.3, 0.4) is 0 Å². The molecule has 0 saturated carbocycles. The molecule has 3 rings (SSSR count). The number of benzene rings is 1. The summed E-state index contributed by atoms with van der Waals surface area (Å²) in [5.41, 5.74) is 0.235. The number of hydrogen-bond donors (Lipinski definition) is 0. The number of nitrogens with zero attached hydrogens (tertiary/aromatic N) is 3. The Kier molecular flexibility index (Phi) is 3.49. The molecule has 104 valence electrons. The van der Waals surface area contributed by atoms with Crippen molar-refractivity contribution in [1.82, 2.24) is 9.97 Å². The number of pyridine rings is 2. The number of halogens is 1. The maximum absolute atomic E-state index is 11.0. The van der Waals surface area contributed by atoms with Crippen molar-refractivity contribution in [2.24, 2.45) is 0 Å². The van der Waals surface area contributed by atoms with E-state index in [9.17, 15) is 10.1 Å². The highest BCUT2D eigenvalue weighted by Crippen LogP contribution is 2.33. The van der Waals surface area contributed by atoms with Gasteiger partial charge >= 0.3 is 0 Å². The maximum atomic E-state index is 11.0. The van der Waals surface area contributed by atoms with Crippen LogP contribution in [0.15, 0.2) is 53.3 Å². The van der Waals surface area contributed by atoms with E-state index in [0.717, 1.165) is 4.47 Å². The van der Waals surface area contributed by atoms with Crippen molar-refractivity contribution < 1.29 is 9.66 Å². The van der Waals surface area contributed by atoms with Crippen LogP contribution in [0, 0.1) is 10.1 Å². The quantitative estimate of drug-likeness (QED) is 0.527. The highest BCUT2D eigenvalue weighted by Gasteiger charge is 2.16. The van der Waals surface area contributed by atoms with Gasteiger partial charge in [-0.2, -0.15) is 0 Å². The smallest absolute Gasteiger partial charge is 0.295 e. The average Bonchev–Trinajstić information content (AvgIpc) is 2.49. The number of aromatic nitrogens is 2. The van der Waals surface area contributed by atoms with Crippen LogP contribution < -0.4 is 4.74 Å². The Balaban J connectivity index is 2.09. The van der Waals surface area contributed by atoms with E-state index >= 15 is 0 Å². The molecular weight excluding hydrogens is 338 g/mol. The van der Waals surface area contributed by atoms with Crippen molar-refractivity contribution in [2.45, 2.75) is 0 Å². The number of fused-ring (bicyclic) bond motifs is 1. The molecule has 6 nitrogen and oxygen atoms in total. The fourth-order valence-electron chi connectivity index (χ4n) is 1.90. The zero-order valence-corrected chi connectivity index (χ0v) is 12.1. The molecule has 0 saturated heterocycles. The van der Waals surface area contributed by atoms with Crippen LogP contribution in [0.5, 0.6) is 11.6 Å². The SMILES string of the molecule is O=[N+]([O-])c1ccc(Oc2ccc(Br)cn2)c2cccnc12. The molecule has 0 N–H and O–H groups in total. The van der Waals surface area contributed by atoms with E-state index in [2.05, 4.69) is 25.9 Å². The number of nitro groups is 1. The molecule has 0 aliphatic heterocycles. The van der Waals surface area contributed by atoms with E-state index in [-0.39, 0.29) is 11.2 Å². The van der Waals surface area contributed by atoms with Crippen molar-refractivity contribution >= 4 is 32.5 Å². The molecule has 0 fully saturated rings. The van der Waals surface area contributed by atoms with E-state index in [1.54, 1.807) is 36.5 Å². The van der Waals surface area contributed by atoms with Crippen LogP contribution in [-0.4, -0.2) is 14.9 Å². The second kappa shape index (κ2) is 5.45. The number of rotatable bonds is 3. The van der Waals surface area contributed by atoms with Gasteiger partial charge in [0.05, 0.1) is 10.3 Å². The summed E-state index contributed by atoms with van der Waals surface area (Å²) in [4.78, 5) is 18.8. The second-order valence-electron chi connectivity index (χ2n) is 4.16. The maximum Gasteiger partial charge on any atom is 0.295 e. The first-order chi connectivity index (χ1) is 10.1. The minimum Gasteiger partial charge on any atom is -0.438 e. The predicted octanol–water partition coefficient (Wildman–Crippen LogP) is 4.09. The summed E-state index contributed by atoms with van der Waals surface area (Å²) in [5.74, 6) is 0.871. The number of nitro benzene ring substituents is 1. The molecule has 1 aromatic carbocycles. The lowest BCUT2D eigenvalue weighted by Gasteiger charge is -2.08. The third kappa shape index (κ3) is 2.68. The number of ether oxygens (including phenoxy) is 1. The van der Waals surface area contributed by atoms with Crippen molar-refractivity contribution in [3.8, 4) is 11.6 Å². The summed E-state index contributed by atoms with van der Waals surface area (Å²) in [6.45, 7) is 0. The molecule has 21 heavy (non-hydrogen) atoms. The summed E-state index contributed by atoms with van der Waals surface area (Å²) in [5, 5.41) is 11.6. The third-order valence-electron chi connectivity index (χ3n) is 2.82. The van der Waals surface area contributed by atoms with Crippen LogP contribution in [0.4, 0.5) is 5.69 Å². The van der Waals surface area contributed by atoms with E-state index in [0.29, 0.717) is 17.0 Å². The molecule has 0 spiro atoms. The lowest BCUT2D eigenvalue weighted by molar-refractivity contribution is -0.383. The monoisotopic (exact) mass is 345 g/mol. The number of non-ortho nitro benzene ring substituents is 1. The molecule has 7 heteroatoms. The molecule has 0 unspecified atom stereocenters. The first-order valence-corrected chi connectivity index (χ1v) is 6.76. The van der Waals surface area contributed by atoms with Gasteiger partial charge in [0.1, 0.15) is 5.75 Å². The van der Waals surface area contributed by atoms with Crippen molar-refractivity contribution in [2.75, 3.05) is 0 Å². The van der Waals surface area contributed by atoms with Crippen LogP contribution in [0.2, 0.25) is 0 Å². The third-order valence-corrected chi connectivity index (χ3v) is 3.29. The number of hydrogen-bond acceptors (Lipinski definition) is 5. The highest BCUT2D eigenvalue weighted by molar-refractivity contribution is 9.10. The van der Waals surface area contributed by atoms with E-state index < -0.39 is 4.92 Å². The Hall–Kier alpha value is -2.54. The molecule has 0 bridgehead atoms. The first kappa shape index (κ1) is 13.4. The van der Waals surface area contributed by atoms with Crippen molar-refractivity contribution in [3.63, 3.8) is 0 Å². The summed E-state index contributed by atoms with van der Waals surface area (Å²) in [6.07, 6.45) is 3.12. The lowest BCUT2D eigenvalue weighted by atomic mass is 10.1. The minimum atomic E-state index is -0.461. The normalized spacial score (nSPS) is 10.5. The molecule has 2 aromatic heterocycles. The van der Waals surface area contributed by atoms with Gasteiger partial charge in [0.25, 0.3) is 5.69 Å². The highest BCUT2D eigenvalue weighted by atomic mass is 79.9. The van der Waals surface area contributed by atoms with Crippen LogP contribution >= 0.6 is 15.9 Å². The molecule has 0 aliphatic rings. The topological polar surface area (TPSA) is 78.2 Å². The zero-order valence-electron chi connectivity index (χ0n) is 10.6. The Labute approximate surface area is 127 Å². The van der Waals surface area contributed by atoms with Gasteiger partial charge in [-0.05, 0) is 40.2 Å². The fourth-order valence-corrected chi connectivity index (χ4v) is 2.14. The Morgan fingerprint density at radius 1 is 1.14 bits per heavy atom. The Bertz CT molecular complexity index is 821.